The van der Waals surface area contributed by atoms with Crippen LogP contribution in [-0.2, 0) is 22.4 Å². The SMILES string of the molecule is CC(C)C(=O)Cc1cc(CC(C(=O)O)C2CCNC2)cs1. The minimum Gasteiger partial charge on any atom is -0.481 e. The summed E-state index contributed by atoms with van der Waals surface area (Å²) in [5.74, 6) is -0.550. The van der Waals surface area contributed by atoms with E-state index in [1.165, 1.54) is 0 Å². The molecule has 1 aromatic rings. The minimum atomic E-state index is -0.713. The van der Waals surface area contributed by atoms with Crippen molar-refractivity contribution >= 4 is 23.1 Å². The summed E-state index contributed by atoms with van der Waals surface area (Å²) in [7, 11) is 0. The number of carboxylic acids is 1. The van der Waals surface area contributed by atoms with Crippen molar-refractivity contribution in [3.8, 4) is 0 Å². The van der Waals surface area contributed by atoms with Gasteiger partial charge in [0.15, 0.2) is 0 Å². The first-order valence-corrected chi connectivity index (χ1v) is 8.38. The van der Waals surface area contributed by atoms with Crippen molar-refractivity contribution in [1.29, 1.82) is 0 Å². The van der Waals surface area contributed by atoms with Crippen LogP contribution in [0.4, 0.5) is 0 Å². The van der Waals surface area contributed by atoms with Gasteiger partial charge in [-0.1, -0.05) is 13.8 Å². The second kappa shape index (κ2) is 7.18. The van der Waals surface area contributed by atoms with E-state index >= 15 is 0 Å². The normalized spacial score (nSPS) is 19.9. The maximum atomic E-state index is 11.8. The van der Waals surface area contributed by atoms with Gasteiger partial charge in [0.25, 0.3) is 0 Å². The fourth-order valence-corrected chi connectivity index (χ4v) is 3.64. The Morgan fingerprint density at radius 1 is 1.48 bits per heavy atom. The van der Waals surface area contributed by atoms with Crippen LogP contribution in [0.5, 0.6) is 0 Å². The van der Waals surface area contributed by atoms with Crippen LogP contribution < -0.4 is 5.32 Å². The molecule has 2 atom stereocenters. The lowest BCUT2D eigenvalue weighted by Crippen LogP contribution is -2.27. The number of carbonyl (C=O) groups excluding carboxylic acids is 1. The largest absolute Gasteiger partial charge is 0.481 e. The van der Waals surface area contributed by atoms with Gasteiger partial charge in [-0.05, 0) is 48.9 Å². The van der Waals surface area contributed by atoms with Gasteiger partial charge in [-0.3, -0.25) is 9.59 Å². The van der Waals surface area contributed by atoms with E-state index in [1.807, 2.05) is 25.3 Å². The monoisotopic (exact) mass is 309 g/mol. The molecule has 0 aliphatic carbocycles. The number of hydrogen-bond donors (Lipinski definition) is 2. The molecule has 2 heterocycles. The highest BCUT2D eigenvalue weighted by Crippen LogP contribution is 2.26. The molecule has 1 aliphatic heterocycles. The number of carbonyl (C=O) groups is 2. The van der Waals surface area contributed by atoms with Crippen LogP contribution in [-0.4, -0.2) is 29.9 Å². The van der Waals surface area contributed by atoms with Crippen LogP contribution in [0.25, 0.3) is 0 Å². The first-order chi connectivity index (χ1) is 9.97. The van der Waals surface area contributed by atoms with E-state index in [4.69, 9.17) is 0 Å². The molecular formula is C16H23NO3S. The number of ketones is 1. The molecule has 5 heteroatoms. The van der Waals surface area contributed by atoms with E-state index in [0.29, 0.717) is 12.8 Å². The molecule has 1 aromatic heterocycles. The van der Waals surface area contributed by atoms with Gasteiger partial charge in [-0.2, -0.15) is 0 Å². The summed E-state index contributed by atoms with van der Waals surface area (Å²) in [5, 5.41) is 14.7. The predicted molar refractivity (Wildman–Crippen MR) is 83.7 cm³/mol. The molecule has 0 amide bonds. The van der Waals surface area contributed by atoms with Gasteiger partial charge < -0.3 is 10.4 Å². The van der Waals surface area contributed by atoms with Crippen LogP contribution >= 0.6 is 11.3 Å². The van der Waals surface area contributed by atoms with Gasteiger partial charge in [0.1, 0.15) is 5.78 Å². The number of aliphatic carboxylic acids is 1. The summed E-state index contributed by atoms with van der Waals surface area (Å²) in [6, 6.07) is 2.00. The first-order valence-electron chi connectivity index (χ1n) is 7.50. The zero-order valence-electron chi connectivity index (χ0n) is 12.6. The summed E-state index contributed by atoms with van der Waals surface area (Å²) in [6.45, 7) is 5.51. The predicted octanol–water partition coefficient (Wildman–Crippen LogP) is 2.37. The molecule has 1 saturated heterocycles. The summed E-state index contributed by atoms with van der Waals surface area (Å²) < 4.78 is 0. The second-order valence-corrected chi connectivity index (χ2v) is 7.12. The van der Waals surface area contributed by atoms with E-state index in [1.54, 1.807) is 11.3 Å². The van der Waals surface area contributed by atoms with E-state index in [-0.39, 0.29) is 23.5 Å². The third kappa shape index (κ3) is 4.38. The van der Waals surface area contributed by atoms with Crippen molar-refractivity contribution in [1.82, 2.24) is 5.32 Å². The van der Waals surface area contributed by atoms with E-state index in [9.17, 15) is 14.7 Å². The van der Waals surface area contributed by atoms with Crippen molar-refractivity contribution in [2.45, 2.75) is 33.1 Å². The van der Waals surface area contributed by atoms with Gasteiger partial charge in [-0.25, -0.2) is 0 Å². The van der Waals surface area contributed by atoms with Crippen LogP contribution in [0.2, 0.25) is 0 Å². The number of hydrogen-bond acceptors (Lipinski definition) is 4. The van der Waals surface area contributed by atoms with Gasteiger partial charge >= 0.3 is 5.97 Å². The smallest absolute Gasteiger partial charge is 0.307 e. The molecule has 21 heavy (non-hydrogen) atoms. The van der Waals surface area contributed by atoms with Crippen molar-refractivity contribution < 1.29 is 14.7 Å². The Labute approximate surface area is 129 Å². The van der Waals surface area contributed by atoms with Crippen LogP contribution in [0.15, 0.2) is 11.4 Å². The lowest BCUT2D eigenvalue weighted by atomic mass is 9.87. The van der Waals surface area contributed by atoms with Crippen LogP contribution in [0, 0.1) is 17.8 Å². The number of Topliss-reactive ketones (excluding diaryl/α,β-unsaturated/α-hetero) is 1. The maximum Gasteiger partial charge on any atom is 0.307 e. The van der Waals surface area contributed by atoms with Gasteiger partial charge in [0.05, 0.1) is 5.92 Å². The van der Waals surface area contributed by atoms with E-state index in [0.717, 1.165) is 30.0 Å². The average molecular weight is 309 g/mol. The molecule has 1 aliphatic rings. The highest BCUT2D eigenvalue weighted by atomic mass is 32.1. The Balaban J connectivity index is 1.99. The maximum absolute atomic E-state index is 11.8. The third-order valence-electron chi connectivity index (χ3n) is 4.14. The first kappa shape index (κ1) is 16.2. The number of thiophene rings is 1. The summed E-state index contributed by atoms with van der Waals surface area (Å²) in [6.07, 6.45) is 1.96. The molecular weight excluding hydrogens is 286 g/mol. The number of nitrogens with one attached hydrogen (secondary N) is 1. The molecule has 2 rings (SSSR count). The molecule has 0 saturated carbocycles. The van der Waals surface area contributed by atoms with Crippen molar-refractivity contribution in [3.05, 3.63) is 21.9 Å². The van der Waals surface area contributed by atoms with Crippen molar-refractivity contribution in [2.75, 3.05) is 13.1 Å². The zero-order valence-corrected chi connectivity index (χ0v) is 13.4. The second-order valence-electron chi connectivity index (χ2n) is 6.12. The number of carboxylic acid groups (broad SMARTS) is 1. The molecule has 1 fully saturated rings. The Bertz CT molecular complexity index is 503. The standard InChI is InChI=1S/C16H23NO3S/c1-10(2)15(18)7-13-5-11(9-21-13)6-14(16(19)20)12-3-4-17-8-12/h5,9-10,12,14,17H,3-4,6-8H2,1-2H3,(H,19,20). The molecule has 116 valence electrons. The van der Waals surface area contributed by atoms with Crippen LogP contribution in [0.3, 0.4) is 0 Å². The number of rotatable bonds is 7. The van der Waals surface area contributed by atoms with Crippen molar-refractivity contribution in [2.24, 2.45) is 17.8 Å². The lowest BCUT2D eigenvalue weighted by molar-refractivity contribution is -0.143. The Morgan fingerprint density at radius 3 is 2.81 bits per heavy atom. The fraction of sp³-hybridized carbons (Fsp3) is 0.625. The Hall–Kier alpha value is -1.20. The summed E-state index contributed by atoms with van der Waals surface area (Å²) in [4.78, 5) is 24.3. The summed E-state index contributed by atoms with van der Waals surface area (Å²) in [5.41, 5.74) is 1.05. The van der Waals surface area contributed by atoms with Gasteiger partial charge in [-0.15, -0.1) is 11.3 Å². The highest BCUT2D eigenvalue weighted by molar-refractivity contribution is 7.10. The topological polar surface area (TPSA) is 66.4 Å². The highest BCUT2D eigenvalue weighted by Gasteiger charge is 2.30. The van der Waals surface area contributed by atoms with Crippen LogP contribution in [0.1, 0.15) is 30.7 Å². The van der Waals surface area contributed by atoms with E-state index < -0.39 is 5.97 Å². The quantitative estimate of drug-likeness (QED) is 0.811. The zero-order chi connectivity index (χ0) is 15.4. The molecule has 0 radical (unpaired) electrons. The third-order valence-corrected chi connectivity index (χ3v) is 5.13. The minimum absolute atomic E-state index is 0.0480. The fourth-order valence-electron chi connectivity index (χ4n) is 2.73. The Morgan fingerprint density at radius 2 is 2.24 bits per heavy atom. The summed E-state index contributed by atoms with van der Waals surface area (Å²) >= 11 is 1.56. The molecule has 0 bridgehead atoms. The molecule has 4 nitrogen and oxygen atoms in total. The average Bonchev–Trinajstić information content (AvgIpc) is 3.06. The molecule has 2 unspecified atom stereocenters. The Kier molecular flexibility index (Phi) is 5.53. The molecule has 0 aromatic carbocycles. The van der Waals surface area contributed by atoms with Gasteiger partial charge in [0, 0.05) is 17.2 Å². The molecule has 2 N–H and O–H groups in total. The van der Waals surface area contributed by atoms with Crippen molar-refractivity contribution in [3.63, 3.8) is 0 Å². The van der Waals surface area contributed by atoms with E-state index in [2.05, 4.69) is 5.32 Å². The molecule has 0 spiro atoms. The van der Waals surface area contributed by atoms with Gasteiger partial charge in [0.2, 0.25) is 0 Å². The lowest BCUT2D eigenvalue weighted by Gasteiger charge is -2.17.